The fourth-order valence-corrected chi connectivity index (χ4v) is 2.31. The molecule has 0 saturated carbocycles. The summed E-state index contributed by atoms with van der Waals surface area (Å²) in [5.74, 6) is -6.98. The standard InChI is InChI=1S/C18H8F6N2O2/c19-12-6-9(16-25-4-1-5-26-16)2-3-11(12)17(27)28-10-7-13(20)15(14(21)8-10)18(22,23)24/h1-8H. The van der Waals surface area contributed by atoms with Gasteiger partial charge >= 0.3 is 12.1 Å². The molecule has 0 aliphatic heterocycles. The van der Waals surface area contributed by atoms with Crippen LogP contribution in [0, 0.1) is 17.5 Å². The first-order chi connectivity index (χ1) is 13.2. The molecule has 1 heterocycles. The van der Waals surface area contributed by atoms with Gasteiger partial charge in [-0.15, -0.1) is 0 Å². The lowest BCUT2D eigenvalue weighted by molar-refractivity contribution is -0.142. The average molecular weight is 398 g/mol. The zero-order valence-corrected chi connectivity index (χ0v) is 13.6. The molecule has 0 radical (unpaired) electrons. The quantitative estimate of drug-likeness (QED) is 0.361. The highest BCUT2D eigenvalue weighted by Crippen LogP contribution is 2.35. The second-order valence-electron chi connectivity index (χ2n) is 5.42. The van der Waals surface area contributed by atoms with Crippen LogP contribution < -0.4 is 4.74 Å². The Morgan fingerprint density at radius 1 is 0.893 bits per heavy atom. The van der Waals surface area contributed by atoms with E-state index < -0.39 is 46.5 Å². The van der Waals surface area contributed by atoms with Gasteiger partial charge in [0.25, 0.3) is 0 Å². The number of rotatable bonds is 3. The maximum absolute atomic E-state index is 14.2. The number of carbonyl (C=O) groups excluding carboxylic acids is 1. The van der Waals surface area contributed by atoms with Crippen LogP contribution in [0.2, 0.25) is 0 Å². The van der Waals surface area contributed by atoms with E-state index >= 15 is 0 Å². The Morgan fingerprint density at radius 2 is 1.50 bits per heavy atom. The van der Waals surface area contributed by atoms with Crippen LogP contribution in [0.25, 0.3) is 11.4 Å². The van der Waals surface area contributed by atoms with Gasteiger partial charge in [-0.25, -0.2) is 27.9 Å². The number of alkyl halides is 3. The minimum Gasteiger partial charge on any atom is -0.423 e. The Morgan fingerprint density at radius 3 is 2.04 bits per heavy atom. The zero-order valence-electron chi connectivity index (χ0n) is 13.6. The minimum absolute atomic E-state index is 0.188. The highest BCUT2D eigenvalue weighted by molar-refractivity contribution is 5.91. The lowest BCUT2D eigenvalue weighted by atomic mass is 10.1. The Labute approximate surface area is 153 Å². The first-order valence-electron chi connectivity index (χ1n) is 7.52. The number of ether oxygens (including phenoxy) is 1. The molecule has 0 spiro atoms. The Balaban J connectivity index is 1.86. The lowest BCUT2D eigenvalue weighted by Crippen LogP contribution is -2.14. The van der Waals surface area contributed by atoms with E-state index in [0.717, 1.165) is 12.1 Å². The van der Waals surface area contributed by atoms with E-state index in [0.29, 0.717) is 0 Å². The van der Waals surface area contributed by atoms with Crippen molar-refractivity contribution in [2.45, 2.75) is 6.18 Å². The molecule has 0 fully saturated rings. The summed E-state index contributed by atoms with van der Waals surface area (Å²) in [6.07, 6.45) is -2.41. The molecule has 3 aromatic rings. The molecule has 0 amide bonds. The van der Waals surface area contributed by atoms with Gasteiger partial charge in [-0.1, -0.05) is 6.07 Å². The molecule has 4 nitrogen and oxygen atoms in total. The number of hydrogen-bond donors (Lipinski definition) is 0. The van der Waals surface area contributed by atoms with Gasteiger partial charge in [0.05, 0.1) is 5.56 Å². The summed E-state index contributed by atoms with van der Waals surface area (Å²) in [4.78, 5) is 19.8. The first-order valence-corrected chi connectivity index (χ1v) is 7.52. The third-order valence-electron chi connectivity index (χ3n) is 3.52. The third kappa shape index (κ3) is 3.95. The number of aromatic nitrogens is 2. The van der Waals surface area contributed by atoms with Gasteiger partial charge in [0.15, 0.2) is 5.82 Å². The molecular weight excluding hydrogens is 390 g/mol. The number of esters is 1. The highest BCUT2D eigenvalue weighted by atomic mass is 19.4. The maximum atomic E-state index is 14.2. The van der Waals surface area contributed by atoms with Crippen LogP contribution in [0.15, 0.2) is 48.8 Å². The molecule has 144 valence electrons. The van der Waals surface area contributed by atoms with E-state index in [1.165, 1.54) is 18.5 Å². The van der Waals surface area contributed by atoms with Gasteiger partial charge < -0.3 is 4.74 Å². The SMILES string of the molecule is O=C(Oc1cc(F)c(C(F)(F)F)c(F)c1)c1ccc(-c2ncccn2)cc1F. The van der Waals surface area contributed by atoms with Gasteiger partial charge in [-0.2, -0.15) is 13.2 Å². The fraction of sp³-hybridized carbons (Fsp3) is 0.0556. The van der Waals surface area contributed by atoms with Gasteiger partial charge in [0, 0.05) is 30.1 Å². The predicted octanol–water partition coefficient (Wildman–Crippen LogP) is 4.80. The summed E-state index contributed by atoms with van der Waals surface area (Å²) >= 11 is 0. The highest BCUT2D eigenvalue weighted by Gasteiger charge is 2.38. The summed E-state index contributed by atoms with van der Waals surface area (Å²) in [7, 11) is 0. The van der Waals surface area contributed by atoms with E-state index in [4.69, 9.17) is 0 Å². The molecular formula is C18H8F6N2O2. The summed E-state index contributed by atoms with van der Waals surface area (Å²) < 4.78 is 83.5. The zero-order chi connectivity index (χ0) is 20.5. The summed E-state index contributed by atoms with van der Waals surface area (Å²) in [6.45, 7) is 0. The molecule has 0 aliphatic carbocycles. The van der Waals surface area contributed by atoms with E-state index in [-0.39, 0.29) is 23.5 Å². The lowest BCUT2D eigenvalue weighted by Gasteiger charge is -2.11. The minimum atomic E-state index is -5.27. The van der Waals surface area contributed by atoms with Crippen LogP contribution in [0.4, 0.5) is 26.3 Å². The molecule has 0 saturated heterocycles. The van der Waals surface area contributed by atoms with Crippen molar-refractivity contribution in [3.05, 3.63) is 77.4 Å². The van der Waals surface area contributed by atoms with Crippen LogP contribution in [0.5, 0.6) is 5.75 Å². The van der Waals surface area contributed by atoms with Gasteiger partial charge in [0.1, 0.15) is 28.8 Å². The Hall–Kier alpha value is -3.43. The van der Waals surface area contributed by atoms with Crippen molar-refractivity contribution in [2.75, 3.05) is 0 Å². The number of nitrogens with zero attached hydrogens (tertiary/aromatic N) is 2. The van der Waals surface area contributed by atoms with Crippen LogP contribution in [-0.4, -0.2) is 15.9 Å². The summed E-state index contributed by atoms with van der Waals surface area (Å²) in [6, 6.07) is 5.21. The van der Waals surface area contributed by atoms with Crippen molar-refractivity contribution in [3.8, 4) is 17.1 Å². The molecule has 2 aromatic carbocycles. The third-order valence-corrected chi connectivity index (χ3v) is 3.52. The predicted molar refractivity (Wildman–Crippen MR) is 83.7 cm³/mol. The van der Waals surface area contributed by atoms with Gasteiger partial charge in [-0.05, 0) is 18.2 Å². The van der Waals surface area contributed by atoms with E-state index in [1.807, 2.05) is 0 Å². The molecule has 28 heavy (non-hydrogen) atoms. The number of benzene rings is 2. The normalized spacial score (nSPS) is 11.4. The second kappa shape index (κ2) is 7.29. The van der Waals surface area contributed by atoms with Crippen molar-refractivity contribution < 1.29 is 35.9 Å². The first kappa shape index (κ1) is 19.3. The van der Waals surface area contributed by atoms with E-state index in [1.54, 1.807) is 6.07 Å². The molecule has 0 bridgehead atoms. The average Bonchev–Trinajstić information content (AvgIpc) is 2.60. The van der Waals surface area contributed by atoms with Crippen molar-refractivity contribution in [1.82, 2.24) is 9.97 Å². The van der Waals surface area contributed by atoms with Gasteiger partial charge in [0.2, 0.25) is 0 Å². The Bertz CT molecular complexity index is 1010. The molecule has 3 rings (SSSR count). The number of halogens is 6. The van der Waals surface area contributed by atoms with Crippen LogP contribution in [0.3, 0.4) is 0 Å². The number of carbonyl (C=O) groups is 1. The molecule has 1 aromatic heterocycles. The van der Waals surface area contributed by atoms with E-state index in [2.05, 4.69) is 14.7 Å². The largest absolute Gasteiger partial charge is 0.423 e. The van der Waals surface area contributed by atoms with Crippen LogP contribution >= 0.6 is 0 Å². The summed E-state index contributed by atoms with van der Waals surface area (Å²) in [5.41, 5.74) is -2.47. The molecule has 0 unspecified atom stereocenters. The monoisotopic (exact) mass is 398 g/mol. The van der Waals surface area contributed by atoms with Crippen molar-refractivity contribution in [2.24, 2.45) is 0 Å². The maximum Gasteiger partial charge on any atom is 0.422 e. The molecule has 0 atom stereocenters. The van der Waals surface area contributed by atoms with Crippen LogP contribution in [-0.2, 0) is 6.18 Å². The fourth-order valence-electron chi connectivity index (χ4n) is 2.31. The van der Waals surface area contributed by atoms with Gasteiger partial charge in [-0.3, -0.25) is 0 Å². The van der Waals surface area contributed by atoms with Crippen LogP contribution in [0.1, 0.15) is 15.9 Å². The topological polar surface area (TPSA) is 52.1 Å². The molecule has 0 aliphatic rings. The molecule has 0 N–H and O–H groups in total. The van der Waals surface area contributed by atoms with Crippen molar-refractivity contribution in [1.29, 1.82) is 0 Å². The van der Waals surface area contributed by atoms with Crippen molar-refractivity contribution in [3.63, 3.8) is 0 Å². The molecule has 10 heteroatoms. The number of hydrogen-bond acceptors (Lipinski definition) is 4. The van der Waals surface area contributed by atoms with Crippen molar-refractivity contribution >= 4 is 5.97 Å². The second-order valence-corrected chi connectivity index (χ2v) is 5.42. The Kier molecular flexibility index (Phi) is 5.04. The van der Waals surface area contributed by atoms with E-state index in [9.17, 15) is 31.1 Å². The summed E-state index contributed by atoms with van der Waals surface area (Å²) in [5, 5.41) is 0. The smallest absolute Gasteiger partial charge is 0.422 e.